The zero-order valence-corrected chi connectivity index (χ0v) is 14.2. The molecule has 124 valence electrons. The molecular formula is C17H13Cl2N2O3-. The molecule has 2 aromatic carbocycles. The van der Waals surface area contributed by atoms with Crippen molar-refractivity contribution < 1.29 is 15.0 Å². The molecule has 0 aliphatic carbocycles. The number of fused-ring (bicyclic) bond motifs is 1. The van der Waals surface area contributed by atoms with Gasteiger partial charge < -0.3 is 15.0 Å². The molecule has 3 aromatic rings. The Morgan fingerprint density at radius 3 is 2.58 bits per heavy atom. The van der Waals surface area contributed by atoms with Crippen molar-refractivity contribution >= 4 is 40.1 Å². The van der Waals surface area contributed by atoms with Crippen LogP contribution in [0, 0.1) is 6.92 Å². The number of aliphatic carboxylic acids is 1. The number of halogens is 2. The summed E-state index contributed by atoms with van der Waals surface area (Å²) in [7, 11) is 0. The zero-order valence-electron chi connectivity index (χ0n) is 12.7. The number of carbonyl (C=O) groups is 1. The number of aryl methyl sites for hydroxylation is 1. The van der Waals surface area contributed by atoms with Gasteiger partial charge in [0.05, 0.1) is 23.7 Å². The summed E-state index contributed by atoms with van der Waals surface area (Å²) < 4.78 is 1.68. The van der Waals surface area contributed by atoms with Crippen LogP contribution in [0.1, 0.15) is 22.9 Å². The Kier molecular flexibility index (Phi) is 4.49. The summed E-state index contributed by atoms with van der Waals surface area (Å²) in [5.41, 5.74) is 2.41. The van der Waals surface area contributed by atoms with Crippen molar-refractivity contribution in [2.24, 2.45) is 0 Å². The predicted octanol–water partition coefficient (Wildman–Crippen LogP) is 2.48. The Bertz CT molecular complexity index is 917. The van der Waals surface area contributed by atoms with E-state index in [9.17, 15) is 15.0 Å². The Morgan fingerprint density at radius 1 is 1.29 bits per heavy atom. The van der Waals surface area contributed by atoms with Gasteiger partial charge >= 0.3 is 0 Å². The van der Waals surface area contributed by atoms with E-state index in [1.54, 1.807) is 41.1 Å². The molecule has 24 heavy (non-hydrogen) atoms. The fraction of sp³-hybridized carbons (Fsp3) is 0.176. The molecule has 1 unspecified atom stereocenters. The number of aliphatic hydroxyl groups excluding tert-OH is 1. The summed E-state index contributed by atoms with van der Waals surface area (Å²) >= 11 is 12.4. The topological polar surface area (TPSA) is 78.2 Å². The molecule has 3 rings (SSSR count). The van der Waals surface area contributed by atoms with Crippen molar-refractivity contribution in [1.29, 1.82) is 0 Å². The molecule has 0 saturated heterocycles. The highest BCUT2D eigenvalue weighted by atomic mass is 35.5. The van der Waals surface area contributed by atoms with E-state index in [-0.39, 0.29) is 5.56 Å². The molecule has 1 N–H and O–H groups in total. The number of benzene rings is 2. The molecule has 1 heterocycles. The summed E-state index contributed by atoms with van der Waals surface area (Å²) in [5.74, 6) is -1.55. The molecule has 7 heteroatoms. The lowest BCUT2D eigenvalue weighted by molar-refractivity contribution is -0.315. The average molecular weight is 364 g/mol. The van der Waals surface area contributed by atoms with Crippen molar-refractivity contribution in [2.75, 3.05) is 0 Å². The Labute approximate surface area is 148 Å². The van der Waals surface area contributed by atoms with Crippen molar-refractivity contribution in [1.82, 2.24) is 9.78 Å². The van der Waals surface area contributed by atoms with E-state index in [1.807, 2.05) is 6.92 Å². The van der Waals surface area contributed by atoms with E-state index in [4.69, 9.17) is 23.2 Å². The molecule has 1 atom stereocenters. The standard InChI is InChI=1S/C17H14Cl2N2O3/c1-9-11-6-5-10(16(22)17(23)24)7-15(11)21(20-9)8-12-13(18)3-2-4-14(12)19/h2-7,16,22H,8H2,1H3,(H,23,24)/p-1. The van der Waals surface area contributed by atoms with Crippen LogP contribution < -0.4 is 5.11 Å². The molecular weight excluding hydrogens is 351 g/mol. The van der Waals surface area contributed by atoms with Crippen LogP contribution in [0.5, 0.6) is 0 Å². The first kappa shape index (κ1) is 16.8. The number of hydrogen-bond donors (Lipinski definition) is 1. The Hall–Kier alpha value is -2.08. The van der Waals surface area contributed by atoms with Crippen LogP contribution in [0.15, 0.2) is 36.4 Å². The summed E-state index contributed by atoms with van der Waals surface area (Å²) in [6, 6.07) is 10.1. The summed E-state index contributed by atoms with van der Waals surface area (Å²) in [6.45, 7) is 2.18. The van der Waals surface area contributed by atoms with E-state index in [0.29, 0.717) is 22.1 Å². The van der Waals surface area contributed by atoms with Crippen LogP contribution in [0.2, 0.25) is 10.0 Å². The fourth-order valence-corrected chi connectivity index (χ4v) is 3.13. The Morgan fingerprint density at radius 2 is 1.96 bits per heavy atom. The van der Waals surface area contributed by atoms with Gasteiger partial charge in [-0.15, -0.1) is 0 Å². The third-order valence-corrected chi connectivity index (χ3v) is 4.58. The smallest absolute Gasteiger partial charge is 0.118 e. The highest BCUT2D eigenvalue weighted by molar-refractivity contribution is 6.36. The van der Waals surface area contributed by atoms with Gasteiger partial charge in [0, 0.05) is 21.0 Å². The van der Waals surface area contributed by atoms with Gasteiger partial charge in [0.2, 0.25) is 0 Å². The van der Waals surface area contributed by atoms with Crippen LogP contribution in [-0.2, 0) is 11.3 Å². The molecule has 0 bridgehead atoms. The summed E-state index contributed by atoms with van der Waals surface area (Å²) in [6.07, 6.45) is -1.69. The van der Waals surface area contributed by atoms with Gasteiger partial charge in [0.15, 0.2) is 0 Å². The molecule has 0 fully saturated rings. The van der Waals surface area contributed by atoms with Gasteiger partial charge in [0.1, 0.15) is 6.10 Å². The quantitative estimate of drug-likeness (QED) is 0.772. The number of carboxylic acid groups (broad SMARTS) is 1. The number of carbonyl (C=O) groups excluding carboxylic acids is 1. The van der Waals surface area contributed by atoms with Crippen molar-refractivity contribution in [3.05, 3.63) is 63.3 Å². The molecule has 0 aliphatic rings. The van der Waals surface area contributed by atoms with E-state index >= 15 is 0 Å². The monoisotopic (exact) mass is 363 g/mol. The SMILES string of the molecule is Cc1nn(Cc2c(Cl)cccc2Cl)c2cc(C(O)C(=O)[O-])ccc12. The van der Waals surface area contributed by atoms with Gasteiger partial charge in [0.25, 0.3) is 0 Å². The normalized spacial score (nSPS) is 12.5. The lowest BCUT2D eigenvalue weighted by Crippen LogP contribution is -2.29. The van der Waals surface area contributed by atoms with Gasteiger partial charge in [-0.25, -0.2) is 0 Å². The predicted molar refractivity (Wildman–Crippen MR) is 90.0 cm³/mol. The second-order valence-electron chi connectivity index (χ2n) is 5.44. The van der Waals surface area contributed by atoms with Crippen LogP contribution in [-0.4, -0.2) is 20.9 Å². The van der Waals surface area contributed by atoms with Crippen molar-refractivity contribution in [3.63, 3.8) is 0 Å². The van der Waals surface area contributed by atoms with E-state index in [1.165, 1.54) is 0 Å². The van der Waals surface area contributed by atoms with Gasteiger partial charge in [-0.1, -0.05) is 41.4 Å². The van der Waals surface area contributed by atoms with Crippen LogP contribution in [0.3, 0.4) is 0 Å². The van der Waals surface area contributed by atoms with Crippen LogP contribution in [0.4, 0.5) is 0 Å². The number of hydrogen-bond acceptors (Lipinski definition) is 4. The highest BCUT2D eigenvalue weighted by Crippen LogP contribution is 2.28. The second-order valence-corrected chi connectivity index (χ2v) is 6.26. The molecule has 0 radical (unpaired) electrons. The third kappa shape index (κ3) is 2.98. The molecule has 1 aromatic heterocycles. The fourth-order valence-electron chi connectivity index (χ4n) is 2.62. The van der Waals surface area contributed by atoms with E-state index in [2.05, 4.69) is 5.10 Å². The van der Waals surface area contributed by atoms with Crippen LogP contribution in [0.25, 0.3) is 10.9 Å². The Balaban J connectivity index is 2.11. The largest absolute Gasteiger partial charge is 0.547 e. The first-order valence-corrected chi connectivity index (χ1v) is 7.93. The molecule has 0 spiro atoms. The van der Waals surface area contributed by atoms with Crippen molar-refractivity contribution in [2.45, 2.75) is 19.6 Å². The van der Waals surface area contributed by atoms with Crippen molar-refractivity contribution in [3.8, 4) is 0 Å². The molecule has 0 saturated carbocycles. The van der Waals surface area contributed by atoms with Gasteiger partial charge in [-0.2, -0.15) is 5.10 Å². The van der Waals surface area contributed by atoms with Gasteiger partial charge in [-0.3, -0.25) is 4.68 Å². The molecule has 5 nitrogen and oxygen atoms in total. The second kappa shape index (κ2) is 6.43. The maximum absolute atomic E-state index is 10.9. The first-order chi connectivity index (χ1) is 11.4. The minimum atomic E-state index is -1.69. The number of aromatic nitrogens is 2. The number of nitrogens with zero attached hydrogens (tertiary/aromatic N) is 2. The molecule has 0 aliphatic heterocycles. The number of carboxylic acids is 1. The van der Waals surface area contributed by atoms with E-state index < -0.39 is 12.1 Å². The van der Waals surface area contributed by atoms with E-state index in [0.717, 1.165) is 16.6 Å². The van der Waals surface area contributed by atoms with Gasteiger partial charge in [-0.05, 0) is 30.7 Å². The minimum Gasteiger partial charge on any atom is -0.547 e. The lowest BCUT2D eigenvalue weighted by atomic mass is 10.1. The van der Waals surface area contributed by atoms with Crippen LogP contribution >= 0.6 is 23.2 Å². The zero-order chi connectivity index (χ0) is 17.4. The highest BCUT2D eigenvalue weighted by Gasteiger charge is 2.15. The summed E-state index contributed by atoms with van der Waals surface area (Å²) in [4.78, 5) is 10.9. The lowest BCUT2D eigenvalue weighted by Gasteiger charge is -2.13. The first-order valence-electron chi connectivity index (χ1n) is 7.17. The summed E-state index contributed by atoms with van der Waals surface area (Å²) in [5, 5.41) is 27.0. The number of aliphatic hydroxyl groups is 1. The molecule has 0 amide bonds. The maximum atomic E-state index is 10.9. The average Bonchev–Trinajstić information content (AvgIpc) is 2.86. The minimum absolute atomic E-state index is 0.230. The third-order valence-electron chi connectivity index (χ3n) is 3.87. The number of rotatable bonds is 4. The maximum Gasteiger partial charge on any atom is 0.118 e.